The number of rotatable bonds is 7. The fourth-order valence-corrected chi connectivity index (χ4v) is 5.34. The van der Waals surface area contributed by atoms with Crippen LogP contribution in [0.15, 0.2) is 41.2 Å². The van der Waals surface area contributed by atoms with Crippen molar-refractivity contribution in [2.75, 3.05) is 52.6 Å². The van der Waals surface area contributed by atoms with Gasteiger partial charge >= 0.3 is 0 Å². The van der Waals surface area contributed by atoms with Crippen LogP contribution in [0.4, 0.5) is 0 Å². The second kappa shape index (κ2) is 13.8. The van der Waals surface area contributed by atoms with Gasteiger partial charge in [0.2, 0.25) is 5.91 Å². The minimum Gasteiger partial charge on any atom is -0.487 e. The molecule has 39 heavy (non-hydrogen) atoms. The van der Waals surface area contributed by atoms with Crippen LogP contribution >= 0.6 is 11.3 Å². The van der Waals surface area contributed by atoms with Crippen molar-refractivity contribution in [3.05, 3.63) is 52.3 Å². The molecule has 1 unspecified atom stereocenters. The summed E-state index contributed by atoms with van der Waals surface area (Å²) in [5.41, 5.74) is 3.83. The fourth-order valence-electron chi connectivity index (χ4n) is 4.58. The third-order valence-corrected chi connectivity index (χ3v) is 7.41. The number of piperidine rings is 1. The second-order valence-electron chi connectivity index (χ2n) is 9.56. The van der Waals surface area contributed by atoms with Crippen LogP contribution in [-0.4, -0.2) is 84.3 Å². The number of nitrogens with zero attached hydrogens (tertiary/aromatic N) is 4. The molecule has 11 nitrogen and oxygen atoms in total. The summed E-state index contributed by atoms with van der Waals surface area (Å²) in [6.45, 7) is 8.68. The molecule has 3 fully saturated rings. The van der Waals surface area contributed by atoms with E-state index in [1.807, 2.05) is 10.8 Å². The van der Waals surface area contributed by atoms with E-state index < -0.39 is 6.04 Å². The van der Waals surface area contributed by atoms with Gasteiger partial charge in [0.15, 0.2) is 0 Å². The monoisotopic (exact) mass is 554 g/mol. The topological polar surface area (TPSA) is 120 Å². The van der Waals surface area contributed by atoms with Crippen molar-refractivity contribution in [3.8, 4) is 17.0 Å². The Kier molecular flexibility index (Phi) is 9.67. The zero-order chi connectivity index (χ0) is 26.9. The van der Waals surface area contributed by atoms with E-state index in [9.17, 15) is 9.59 Å². The smallest absolute Gasteiger partial charge is 0.251 e. The van der Waals surface area contributed by atoms with Crippen LogP contribution in [0.5, 0.6) is 5.75 Å². The number of carbonyl (C=O) groups is 2. The van der Waals surface area contributed by atoms with E-state index in [1.54, 1.807) is 6.20 Å². The number of hydrogen-bond donors (Lipinski definition) is 2. The molecule has 208 valence electrons. The van der Waals surface area contributed by atoms with E-state index in [0.29, 0.717) is 25.1 Å². The van der Waals surface area contributed by atoms with Crippen LogP contribution < -0.4 is 15.4 Å². The summed E-state index contributed by atoms with van der Waals surface area (Å²) in [6, 6.07) is 7.92. The zero-order valence-corrected chi connectivity index (χ0v) is 22.7. The van der Waals surface area contributed by atoms with Crippen molar-refractivity contribution in [2.45, 2.75) is 32.0 Å². The first kappa shape index (κ1) is 27.4. The van der Waals surface area contributed by atoms with Gasteiger partial charge < -0.3 is 19.5 Å². The molecule has 1 atom stereocenters. The van der Waals surface area contributed by atoms with Gasteiger partial charge in [0.25, 0.3) is 5.91 Å². The standard InChI is InChI=1S/C23H25N5O4S.C4H9NO/c29-22-5-4-20(23(30)24-22)28-12-19(25-26-28)18-14-33-15-21(18)32-13-17-3-1-2-16(10-17)11-27-6-8-31-9-7-27;1-3-6-4-2-5-1/h1-3,10,12,14-15,20H,4-9,11,13H2,(H,24,29,30);5H,1-4H2. The molecular formula is C27H34N6O5S. The lowest BCUT2D eigenvalue weighted by molar-refractivity contribution is -0.136. The number of amides is 2. The molecule has 0 spiro atoms. The molecule has 2 N–H and O–H groups in total. The molecular weight excluding hydrogens is 520 g/mol. The van der Waals surface area contributed by atoms with Crippen molar-refractivity contribution in [1.29, 1.82) is 0 Å². The number of benzene rings is 1. The van der Waals surface area contributed by atoms with Crippen molar-refractivity contribution < 1.29 is 23.8 Å². The number of morpholine rings is 2. The van der Waals surface area contributed by atoms with Gasteiger partial charge in [0.05, 0.1) is 38.2 Å². The van der Waals surface area contributed by atoms with Gasteiger partial charge in [-0.25, -0.2) is 4.68 Å². The Labute approximate surface area is 231 Å². The first-order chi connectivity index (χ1) is 19.2. The predicted molar refractivity (Wildman–Crippen MR) is 145 cm³/mol. The highest BCUT2D eigenvalue weighted by Crippen LogP contribution is 2.33. The molecule has 5 heterocycles. The van der Waals surface area contributed by atoms with Crippen molar-refractivity contribution >= 4 is 23.2 Å². The van der Waals surface area contributed by atoms with Crippen LogP contribution in [0, 0.1) is 0 Å². The van der Waals surface area contributed by atoms with E-state index in [1.165, 1.54) is 21.6 Å². The molecule has 1 aromatic carbocycles. The number of aromatic nitrogens is 3. The largest absolute Gasteiger partial charge is 0.487 e. The summed E-state index contributed by atoms with van der Waals surface area (Å²) in [4.78, 5) is 25.9. The van der Waals surface area contributed by atoms with Gasteiger partial charge in [-0.3, -0.25) is 19.8 Å². The molecule has 0 aliphatic carbocycles. The van der Waals surface area contributed by atoms with Crippen LogP contribution in [0.25, 0.3) is 11.3 Å². The second-order valence-corrected chi connectivity index (χ2v) is 10.3. The van der Waals surface area contributed by atoms with E-state index in [2.05, 4.69) is 50.1 Å². The van der Waals surface area contributed by atoms with Gasteiger partial charge in [0.1, 0.15) is 24.1 Å². The van der Waals surface area contributed by atoms with Gasteiger partial charge in [-0.15, -0.1) is 16.4 Å². The Bertz CT molecular complexity index is 1230. The van der Waals surface area contributed by atoms with E-state index >= 15 is 0 Å². The lowest BCUT2D eigenvalue weighted by atomic mass is 10.1. The Balaban J connectivity index is 0.000000455. The summed E-state index contributed by atoms with van der Waals surface area (Å²) in [6.07, 6.45) is 2.45. The Morgan fingerprint density at radius 2 is 1.85 bits per heavy atom. The van der Waals surface area contributed by atoms with Gasteiger partial charge in [-0.1, -0.05) is 29.5 Å². The number of nitrogens with one attached hydrogen (secondary N) is 2. The van der Waals surface area contributed by atoms with Gasteiger partial charge in [-0.05, 0) is 17.5 Å². The normalized spacial score (nSPS) is 20.2. The van der Waals surface area contributed by atoms with Crippen LogP contribution in [0.2, 0.25) is 0 Å². The molecule has 12 heteroatoms. The van der Waals surface area contributed by atoms with Crippen molar-refractivity contribution in [2.24, 2.45) is 0 Å². The highest BCUT2D eigenvalue weighted by molar-refractivity contribution is 7.08. The average Bonchev–Trinajstić information content (AvgIpc) is 3.64. The minimum absolute atomic E-state index is 0.251. The van der Waals surface area contributed by atoms with Gasteiger partial charge in [0, 0.05) is 49.9 Å². The lowest BCUT2D eigenvalue weighted by Crippen LogP contribution is -2.41. The first-order valence-electron chi connectivity index (χ1n) is 13.3. The van der Waals surface area contributed by atoms with Crippen molar-refractivity contribution in [3.63, 3.8) is 0 Å². The zero-order valence-electron chi connectivity index (χ0n) is 21.8. The quantitative estimate of drug-likeness (QED) is 0.423. The summed E-state index contributed by atoms with van der Waals surface area (Å²) < 4.78 is 18.1. The number of hydrogen-bond acceptors (Lipinski definition) is 10. The molecule has 0 bridgehead atoms. The summed E-state index contributed by atoms with van der Waals surface area (Å²) >= 11 is 1.52. The first-order valence-corrected chi connectivity index (χ1v) is 14.2. The number of carbonyl (C=O) groups excluding carboxylic acids is 2. The van der Waals surface area contributed by atoms with E-state index in [0.717, 1.165) is 76.0 Å². The third kappa shape index (κ3) is 7.70. The Hall–Kier alpha value is -3.16. The number of thiophene rings is 1. The fraction of sp³-hybridized carbons (Fsp3) is 0.481. The predicted octanol–water partition coefficient (Wildman–Crippen LogP) is 2.00. The molecule has 2 aromatic heterocycles. The summed E-state index contributed by atoms with van der Waals surface area (Å²) in [5.74, 6) is 0.134. The van der Waals surface area contributed by atoms with Crippen molar-refractivity contribution in [1.82, 2.24) is 30.5 Å². The summed E-state index contributed by atoms with van der Waals surface area (Å²) in [5, 5.41) is 17.8. The molecule has 3 saturated heterocycles. The van der Waals surface area contributed by atoms with Crippen LogP contribution in [0.1, 0.15) is 30.0 Å². The molecule has 2 amide bonds. The molecule has 0 radical (unpaired) electrons. The molecule has 6 rings (SSSR count). The number of imide groups is 1. The molecule has 0 saturated carbocycles. The van der Waals surface area contributed by atoms with E-state index in [4.69, 9.17) is 14.2 Å². The molecule has 3 aromatic rings. The Morgan fingerprint density at radius 1 is 1.05 bits per heavy atom. The maximum Gasteiger partial charge on any atom is 0.251 e. The maximum absolute atomic E-state index is 12.1. The molecule has 3 aliphatic rings. The summed E-state index contributed by atoms with van der Waals surface area (Å²) in [7, 11) is 0. The van der Waals surface area contributed by atoms with Crippen LogP contribution in [-0.2, 0) is 32.2 Å². The maximum atomic E-state index is 12.1. The molecule has 3 aliphatic heterocycles. The minimum atomic E-state index is -0.527. The lowest BCUT2D eigenvalue weighted by Gasteiger charge is -2.26. The Morgan fingerprint density at radius 3 is 2.59 bits per heavy atom. The SMILES string of the molecule is C1COCCN1.O=C1CCC(n2cc(-c3cscc3OCc3cccc(CN4CCOCC4)c3)nn2)C(=O)N1. The third-order valence-electron chi connectivity index (χ3n) is 6.68. The van der Waals surface area contributed by atoms with Crippen LogP contribution in [0.3, 0.4) is 0 Å². The van der Waals surface area contributed by atoms with Gasteiger partial charge in [-0.2, -0.15) is 0 Å². The highest BCUT2D eigenvalue weighted by atomic mass is 32.1. The number of ether oxygens (including phenoxy) is 3. The van der Waals surface area contributed by atoms with E-state index in [-0.39, 0.29) is 11.8 Å². The highest BCUT2D eigenvalue weighted by Gasteiger charge is 2.29. The average molecular weight is 555 g/mol.